The number of carbonyl (C=O) groups excluding carboxylic acids is 1. The summed E-state index contributed by atoms with van der Waals surface area (Å²) in [5, 5.41) is 0. The molecule has 0 N–H and O–H groups in total. The van der Waals surface area contributed by atoms with E-state index in [0.717, 1.165) is 19.1 Å². The monoisotopic (exact) mass is 201 g/mol. The molecule has 3 nitrogen and oxygen atoms in total. The van der Waals surface area contributed by atoms with Crippen molar-refractivity contribution in [3.63, 3.8) is 0 Å². The summed E-state index contributed by atoms with van der Waals surface area (Å²) >= 11 is 0. The molecule has 0 heterocycles. The molecule has 0 saturated carbocycles. The Balaban J connectivity index is 3.48. The predicted molar refractivity (Wildman–Crippen MR) is 56.3 cm³/mol. The van der Waals surface area contributed by atoms with E-state index in [-0.39, 0.29) is 0 Å². The SMILES string of the molecule is CCC[SiH](CCCN=C=O)OCC. The molecule has 0 aromatic rings. The van der Waals surface area contributed by atoms with Gasteiger partial charge in [-0.25, -0.2) is 9.79 Å². The molecule has 4 heteroatoms. The van der Waals surface area contributed by atoms with Crippen LogP contribution in [0, 0.1) is 0 Å². The normalized spacial score (nSPS) is 12.2. The van der Waals surface area contributed by atoms with Gasteiger partial charge < -0.3 is 4.43 Å². The molecule has 0 aromatic carbocycles. The standard InChI is InChI=1S/C9H19NO2Si/c1-3-7-13(12-4-2)8-5-6-10-9-11/h13H,3-8H2,1-2H3. The van der Waals surface area contributed by atoms with Gasteiger partial charge >= 0.3 is 0 Å². The van der Waals surface area contributed by atoms with E-state index in [1.165, 1.54) is 12.5 Å². The van der Waals surface area contributed by atoms with Crippen LogP contribution in [0.3, 0.4) is 0 Å². The van der Waals surface area contributed by atoms with E-state index < -0.39 is 9.04 Å². The Morgan fingerprint density at radius 3 is 2.69 bits per heavy atom. The zero-order valence-electron chi connectivity index (χ0n) is 8.58. The van der Waals surface area contributed by atoms with Crippen LogP contribution in [0.4, 0.5) is 0 Å². The van der Waals surface area contributed by atoms with Crippen LogP contribution < -0.4 is 0 Å². The molecule has 0 radical (unpaired) electrons. The fourth-order valence-electron chi connectivity index (χ4n) is 1.31. The summed E-state index contributed by atoms with van der Waals surface area (Å²) in [4.78, 5) is 13.3. The number of nitrogens with zero attached hydrogens (tertiary/aromatic N) is 1. The molecule has 0 spiro atoms. The molecule has 0 fully saturated rings. The minimum absolute atomic E-state index is 0.615. The van der Waals surface area contributed by atoms with Crippen LogP contribution in [0.25, 0.3) is 0 Å². The first kappa shape index (κ1) is 12.6. The van der Waals surface area contributed by atoms with Crippen LogP contribution in [0.15, 0.2) is 4.99 Å². The third-order valence-electron chi connectivity index (χ3n) is 1.87. The number of rotatable bonds is 8. The number of hydrogen-bond donors (Lipinski definition) is 0. The first-order chi connectivity index (χ1) is 6.35. The van der Waals surface area contributed by atoms with Crippen LogP contribution in [0.5, 0.6) is 0 Å². The molecule has 0 aliphatic carbocycles. The molecule has 0 saturated heterocycles. The second-order valence-electron chi connectivity index (χ2n) is 2.98. The molecular formula is C9H19NO2Si. The summed E-state index contributed by atoms with van der Waals surface area (Å²) in [5.74, 6) is 0. The Morgan fingerprint density at radius 2 is 2.15 bits per heavy atom. The van der Waals surface area contributed by atoms with E-state index in [9.17, 15) is 4.79 Å². The van der Waals surface area contributed by atoms with Crippen molar-refractivity contribution in [2.75, 3.05) is 13.2 Å². The lowest BCUT2D eigenvalue weighted by Crippen LogP contribution is -2.17. The van der Waals surface area contributed by atoms with Gasteiger partial charge in [0.25, 0.3) is 0 Å². The molecule has 13 heavy (non-hydrogen) atoms. The molecule has 0 rings (SSSR count). The maximum Gasteiger partial charge on any atom is 0.234 e. The van der Waals surface area contributed by atoms with Gasteiger partial charge in [0.15, 0.2) is 9.04 Å². The lowest BCUT2D eigenvalue weighted by Gasteiger charge is -2.12. The van der Waals surface area contributed by atoms with Gasteiger partial charge in [-0.1, -0.05) is 13.3 Å². The average molecular weight is 201 g/mol. The summed E-state index contributed by atoms with van der Waals surface area (Å²) in [6, 6.07) is 2.37. The lowest BCUT2D eigenvalue weighted by molar-refractivity contribution is 0.339. The van der Waals surface area contributed by atoms with E-state index in [1.54, 1.807) is 6.08 Å². The maximum absolute atomic E-state index is 9.79. The Hall–Kier alpha value is -0.443. The minimum Gasteiger partial charge on any atom is -0.420 e. The molecule has 0 aliphatic rings. The summed E-state index contributed by atoms with van der Waals surface area (Å²) < 4.78 is 5.66. The third-order valence-corrected chi connectivity index (χ3v) is 4.95. The molecule has 0 aromatic heterocycles. The Morgan fingerprint density at radius 1 is 1.38 bits per heavy atom. The smallest absolute Gasteiger partial charge is 0.234 e. The molecule has 76 valence electrons. The van der Waals surface area contributed by atoms with Gasteiger partial charge in [0.05, 0.1) is 6.54 Å². The van der Waals surface area contributed by atoms with E-state index in [4.69, 9.17) is 4.43 Å². The fourth-order valence-corrected chi connectivity index (χ4v) is 3.69. The number of aliphatic imine (C=N–C) groups is 1. The zero-order chi connectivity index (χ0) is 9.94. The van der Waals surface area contributed by atoms with Crippen LogP contribution in [0.2, 0.25) is 12.1 Å². The first-order valence-corrected chi connectivity index (χ1v) is 7.10. The quantitative estimate of drug-likeness (QED) is 0.260. The Kier molecular flexibility index (Phi) is 9.31. The largest absolute Gasteiger partial charge is 0.420 e. The van der Waals surface area contributed by atoms with Crippen molar-refractivity contribution in [1.82, 2.24) is 0 Å². The van der Waals surface area contributed by atoms with Gasteiger partial charge in [0.2, 0.25) is 6.08 Å². The van der Waals surface area contributed by atoms with Crippen LogP contribution in [-0.2, 0) is 9.22 Å². The van der Waals surface area contributed by atoms with Crippen LogP contribution in [-0.4, -0.2) is 28.3 Å². The van der Waals surface area contributed by atoms with Crippen molar-refractivity contribution >= 4 is 15.1 Å². The third kappa shape index (κ3) is 7.90. The first-order valence-electron chi connectivity index (χ1n) is 5.00. The van der Waals surface area contributed by atoms with Crippen molar-refractivity contribution in [3.8, 4) is 0 Å². The highest BCUT2D eigenvalue weighted by molar-refractivity contribution is 6.51. The second-order valence-corrected chi connectivity index (χ2v) is 5.71. The van der Waals surface area contributed by atoms with Crippen molar-refractivity contribution in [2.45, 2.75) is 38.8 Å². The lowest BCUT2D eigenvalue weighted by atomic mass is 10.5. The average Bonchev–Trinajstić information content (AvgIpc) is 2.13. The molecule has 1 unspecified atom stereocenters. The highest BCUT2D eigenvalue weighted by Crippen LogP contribution is 2.07. The topological polar surface area (TPSA) is 38.7 Å². The molecule has 1 atom stereocenters. The van der Waals surface area contributed by atoms with Gasteiger partial charge in [-0.3, -0.25) is 0 Å². The van der Waals surface area contributed by atoms with Gasteiger partial charge in [-0.05, 0) is 25.4 Å². The van der Waals surface area contributed by atoms with Crippen LogP contribution in [0.1, 0.15) is 26.7 Å². The minimum atomic E-state index is -0.966. The zero-order valence-corrected chi connectivity index (χ0v) is 9.74. The number of isocyanates is 1. The highest BCUT2D eigenvalue weighted by atomic mass is 28.3. The van der Waals surface area contributed by atoms with Crippen molar-refractivity contribution in [1.29, 1.82) is 0 Å². The molecular weight excluding hydrogens is 182 g/mol. The Labute approximate surface area is 81.9 Å². The summed E-state index contributed by atoms with van der Waals surface area (Å²) in [6.07, 6.45) is 3.74. The predicted octanol–water partition coefficient (Wildman–Crippen LogP) is 1.88. The van der Waals surface area contributed by atoms with E-state index in [2.05, 4.69) is 11.9 Å². The fraction of sp³-hybridized carbons (Fsp3) is 0.889. The second kappa shape index (κ2) is 9.64. The van der Waals surface area contributed by atoms with Gasteiger partial charge in [-0.2, -0.15) is 0 Å². The van der Waals surface area contributed by atoms with E-state index >= 15 is 0 Å². The van der Waals surface area contributed by atoms with E-state index in [1.807, 2.05) is 6.92 Å². The van der Waals surface area contributed by atoms with Crippen LogP contribution >= 0.6 is 0 Å². The highest BCUT2D eigenvalue weighted by Gasteiger charge is 2.08. The number of hydrogen-bond acceptors (Lipinski definition) is 3. The van der Waals surface area contributed by atoms with Gasteiger partial charge in [0.1, 0.15) is 0 Å². The summed E-state index contributed by atoms with van der Waals surface area (Å²) in [7, 11) is -0.966. The van der Waals surface area contributed by atoms with Crippen molar-refractivity contribution in [3.05, 3.63) is 0 Å². The van der Waals surface area contributed by atoms with Gasteiger partial charge in [0, 0.05) is 6.61 Å². The molecule has 0 bridgehead atoms. The Bertz CT molecular complexity index is 152. The summed E-state index contributed by atoms with van der Waals surface area (Å²) in [6.45, 7) is 5.67. The van der Waals surface area contributed by atoms with Gasteiger partial charge in [-0.15, -0.1) is 0 Å². The maximum atomic E-state index is 9.79. The molecule has 0 aliphatic heterocycles. The molecule has 0 amide bonds. The summed E-state index contributed by atoms with van der Waals surface area (Å²) in [5.41, 5.74) is 0. The van der Waals surface area contributed by atoms with Crippen molar-refractivity contribution < 1.29 is 9.22 Å². The van der Waals surface area contributed by atoms with Crippen molar-refractivity contribution in [2.24, 2.45) is 4.99 Å². The van der Waals surface area contributed by atoms with E-state index in [0.29, 0.717) is 6.54 Å².